The van der Waals surface area contributed by atoms with Crippen molar-refractivity contribution in [1.82, 2.24) is 0 Å². The second kappa shape index (κ2) is 4.83. The summed E-state index contributed by atoms with van der Waals surface area (Å²) in [5, 5.41) is 29.3. The van der Waals surface area contributed by atoms with Crippen LogP contribution in [-0.2, 0) is 0 Å². The number of hydrogen-bond acceptors (Lipinski definition) is 5. The average molecular weight is 212 g/mol. The molecule has 1 aromatic rings. The van der Waals surface area contributed by atoms with E-state index in [0.29, 0.717) is 0 Å². The summed E-state index contributed by atoms with van der Waals surface area (Å²) in [6.45, 7) is -0.107. The zero-order valence-electron chi connectivity index (χ0n) is 7.91. The van der Waals surface area contributed by atoms with Gasteiger partial charge in [-0.05, 0) is 5.56 Å². The van der Waals surface area contributed by atoms with Crippen LogP contribution in [0.1, 0.15) is 11.7 Å². The summed E-state index contributed by atoms with van der Waals surface area (Å²) < 4.78 is 0. The Labute approximate surface area is 86.1 Å². The number of aliphatic hydroxyl groups is 2. The second-order valence-electron chi connectivity index (χ2n) is 3.10. The molecule has 0 saturated heterocycles. The highest BCUT2D eigenvalue weighted by molar-refractivity contribution is 5.35. The number of non-ortho nitro benzene ring substituents is 1. The minimum atomic E-state index is -1.20. The molecule has 0 radical (unpaired) electrons. The lowest BCUT2D eigenvalue weighted by Gasteiger charge is -2.15. The van der Waals surface area contributed by atoms with Gasteiger partial charge in [0.05, 0.1) is 11.0 Å². The molecule has 0 spiro atoms. The van der Waals surface area contributed by atoms with Crippen LogP contribution in [0, 0.1) is 10.1 Å². The molecule has 0 fully saturated rings. The summed E-state index contributed by atoms with van der Waals surface area (Å²) in [6.07, 6.45) is -2.32. The lowest BCUT2D eigenvalue weighted by atomic mass is 10.0. The first-order valence-corrected chi connectivity index (χ1v) is 4.37. The van der Waals surface area contributed by atoms with E-state index in [1.54, 1.807) is 0 Å². The standard InChI is InChI=1S/C9H12N2O4/c10-5-8(12)9(13)6-2-1-3-7(4-6)11(14)15/h1-4,8-9,12-13H,5,10H2. The zero-order valence-corrected chi connectivity index (χ0v) is 7.91. The molecule has 6 heteroatoms. The maximum absolute atomic E-state index is 10.5. The fraction of sp³-hybridized carbons (Fsp3) is 0.333. The molecule has 1 aromatic carbocycles. The number of nitrogens with two attached hydrogens (primary N) is 1. The van der Waals surface area contributed by atoms with E-state index in [9.17, 15) is 20.3 Å². The summed E-state index contributed by atoms with van der Waals surface area (Å²) in [7, 11) is 0. The smallest absolute Gasteiger partial charge is 0.269 e. The Morgan fingerprint density at radius 1 is 1.47 bits per heavy atom. The van der Waals surface area contributed by atoms with Crippen molar-refractivity contribution >= 4 is 5.69 Å². The fourth-order valence-corrected chi connectivity index (χ4v) is 1.17. The summed E-state index contributed by atoms with van der Waals surface area (Å²) in [4.78, 5) is 9.89. The van der Waals surface area contributed by atoms with Crippen LogP contribution in [-0.4, -0.2) is 27.8 Å². The van der Waals surface area contributed by atoms with Gasteiger partial charge in [-0.3, -0.25) is 10.1 Å². The Morgan fingerprint density at radius 2 is 2.13 bits per heavy atom. The van der Waals surface area contributed by atoms with Crippen molar-refractivity contribution in [2.75, 3.05) is 6.54 Å². The quantitative estimate of drug-likeness (QED) is 0.478. The van der Waals surface area contributed by atoms with Crippen LogP contribution in [0.25, 0.3) is 0 Å². The van der Waals surface area contributed by atoms with Crippen molar-refractivity contribution in [2.45, 2.75) is 12.2 Å². The Hall–Kier alpha value is -1.50. The second-order valence-corrected chi connectivity index (χ2v) is 3.10. The van der Waals surface area contributed by atoms with Gasteiger partial charge in [0.25, 0.3) is 5.69 Å². The van der Waals surface area contributed by atoms with Gasteiger partial charge in [0, 0.05) is 18.7 Å². The lowest BCUT2D eigenvalue weighted by Crippen LogP contribution is -2.27. The average Bonchev–Trinajstić information content (AvgIpc) is 2.27. The van der Waals surface area contributed by atoms with Crippen LogP contribution in [0.15, 0.2) is 24.3 Å². The minimum Gasteiger partial charge on any atom is -0.389 e. The van der Waals surface area contributed by atoms with Crippen LogP contribution in [0.3, 0.4) is 0 Å². The highest BCUT2D eigenvalue weighted by Gasteiger charge is 2.18. The van der Waals surface area contributed by atoms with Gasteiger partial charge in [-0.25, -0.2) is 0 Å². The molecule has 6 nitrogen and oxygen atoms in total. The topological polar surface area (TPSA) is 110 Å². The number of nitro groups is 1. The van der Waals surface area contributed by atoms with Gasteiger partial charge in [-0.2, -0.15) is 0 Å². The molecule has 82 valence electrons. The lowest BCUT2D eigenvalue weighted by molar-refractivity contribution is -0.385. The van der Waals surface area contributed by atoms with Crippen molar-refractivity contribution < 1.29 is 15.1 Å². The largest absolute Gasteiger partial charge is 0.389 e. The van der Waals surface area contributed by atoms with E-state index in [2.05, 4.69) is 0 Å². The van der Waals surface area contributed by atoms with Gasteiger partial charge in [-0.15, -0.1) is 0 Å². The first kappa shape index (κ1) is 11.6. The molecule has 0 aromatic heterocycles. The Kier molecular flexibility index (Phi) is 3.73. The van der Waals surface area contributed by atoms with E-state index in [1.807, 2.05) is 0 Å². The molecule has 0 aliphatic carbocycles. The third-order valence-electron chi connectivity index (χ3n) is 2.03. The number of rotatable bonds is 4. The molecule has 0 heterocycles. The summed E-state index contributed by atoms with van der Waals surface area (Å²) >= 11 is 0. The highest BCUT2D eigenvalue weighted by atomic mass is 16.6. The van der Waals surface area contributed by atoms with Gasteiger partial charge in [0.15, 0.2) is 0 Å². The number of hydrogen-bond donors (Lipinski definition) is 3. The van der Waals surface area contributed by atoms with Crippen molar-refractivity contribution in [3.8, 4) is 0 Å². The summed E-state index contributed by atoms with van der Waals surface area (Å²) in [6, 6.07) is 5.46. The third kappa shape index (κ3) is 2.72. The Morgan fingerprint density at radius 3 is 2.67 bits per heavy atom. The van der Waals surface area contributed by atoms with E-state index < -0.39 is 17.1 Å². The third-order valence-corrected chi connectivity index (χ3v) is 2.03. The van der Waals surface area contributed by atoms with Crippen LogP contribution in [0.2, 0.25) is 0 Å². The van der Waals surface area contributed by atoms with E-state index in [-0.39, 0.29) is 17.8 Å². The number of aliphatic hydroxyl groups excluding tert-OH is 2. The monoisotopic (exact) mass is 212 g/mol. The van der Waals surface area contributed by atoms with Crippen LogP contribution in [0.5, 0.6) is 0 Å². The highest BCUT2D eigenvalue weighted by Crippen LogP contribution is 2.21. The van der Waals surface area contributed by atoms with Gasteiger partial charge < -0.3 is 15.9 Å². The molecular formula is C9H12N2O4. The van der Waals surface area contributed by atoms with E-state index in [4.69, 9.17) is 5.73 Å². The zero-order chi connectivity index (χ0) is 11.4. The molecule has 1 rings (SSSR count). The maximum atomic E-state index is 10.5. The summed E-state index contributed by atoms with van der Waals surface area (Å²) in [5.74, 6) is 0. The normalized spacial score (nSPS) is 14.6. The van der Waals surface area contributed by atoms with Gasteiger partial charge in [0.2, 0.25) is 0 Å². The number of nitro benzene ring substituents is 1. The van der Waals surface area contributed by atoms with E-state index in [0.717, 1.165) is 0 Å². The van der Waals surface area contributed by atoms with Crippen molar-refractivity contribution in [3.05, 3.63) is 39.9 Å². The molecule has 2 unspecified atom stereocenters. The van der Waals surface area contributed by atoms with E-state index in [1.165, 1.54) is 24.3 Å². The Balaban J connectivity index is 2.94. The predicted molar refractivity (Wildman–Crippen MR) is 53.1 cm³/mol. The molecule has 0 amide bonds. The van der Waals surface area contributed by atoms with Crippen molar-refractivity contribution in [3.63, 3.8) is 0 Å². The molecule has 15 heavy (non-hydrogen) atoms. The van der Waals surface area contributed by atoms with E-state index >= 15 is 0 Å². The van der Waals surface area contributed by atoms with Crippen LogP contribution < -0.4 is 5.73 Å². The minimum absolute atomic E-state index is 0.107. The SMILES string of the molecule is NCC(O)C(O)c1cccc([N+](=O)[O-])c1. The predicted octanol–water partition coefficient (Wildman–Crippen LogP) is -0.0522. The molecule has 4 N–H and O–H groups in total. The van der Waals surface area contributed by atoms with Crippen molar-refractivity contribution in [2.24, 2.45) is 5.73 Å². The number of benzene rings is 1. The van der Waals surface area contributed by atoms with Crippen LogP contribution >= 0.6 is 0 Å². The van der Waals surface area contributed by atoms with Gasteiger partial charge in [0.1, 0.15) is 6.10 Å². The first-order valence-electron chi connectivity index (χ1n) is 4.37. The van der Waals surface area contributed by atoms with Crippen LogP contribution in [0.4, 0.5) is 5.69 Å². The fourth-order valence-electron chi connectivity index (χ4n) is 1.17. The molecule has 2 atom stereocenters. The molecule has 0 aliphatic heterocycles. The molecule has 0 bridgehead atoms. The number of nitrogens with zero attached hydrogens (tertiary/aromatic N) is 1. The van der Waals surface area contributed by atoms with Gasteiger partial charge >= 0.3 is 0 Å². The van der Waals surface area contributed by atoms with Crippen molar-refractivity contribution in [1.29, 1.82) is 0 Å². The summed E-state index contributed by atoms with van der Waals surface area (Å²) in [5.41, 5.74) is 5.32. The Bertz CT molecular complexity index is 356. The maximum Gasteiger partial charge on any atom is 0.269 e. The first-order chi connectivity index (χ1) is 7.06. The van der Waals surface area contributed by atoms with Gasteiger partial charge in [-0.1, -0.05) is 12.1 Å². The molecule has 0 saturated carbocycles. The molecule has 0 aliphatic rings. The molecular weight excluding hydrogens is 200 g/mol.